The molecule has 1 fully saturated rings. The van der Waals surface area contributed by atoms with E-state index >= 15 is 0 Å². The molecule has 0 spiro atoms. The predicted molar refractivity (Wildman–Crippen MR) is 78.7 cm³/mol. The number of piperidine rings is 1. The molecule has 1 atom stereocenters. The Morgan fingerprint density at radius 3 is 3.14 bits per heavy atom. The number of rotatable bonds is 4. The van der Waals surface area contributed by atoms with Gasteiger partial charge in [0.25, 0.3) is 0 Å². The molecule has 6 heteroatoms. The van der Waals surface area contributed by atoms with Gasteiger partial charge in [0, 0.05) is 50.1 Å². The fourth-order valence-electron chi connectivity index (χ4n) is 2.90. The van der Waals surface area contributed by atoms with E-state index in [4.69, 9.17) is 0 Å². The molecule has 1 amide bonds. The largest absolute Gasteiger partial charge is 0.342 e. The first-order valence-corrected chi connectivity index (χ1v) is 7.48. The predicted octanol–water partition coefficient (Wildman–Crippen LogP) is 1.71. The Labute approximate surface area is 124 Å². The fourth-order valence-corrected chi connectivity index (χ4v) is 2.90. The quantitative estimate of drug-likeness (QED) is 0.931. The maximum Gasteiger partial charge on any atom is 0.224 e. The van der Waals surface area contributed by atoms with E-state index in [-0.39, 0.29) is 5.91 Å². The molecule has 0 aromatic carbocycles. The van der Waals surface area contributed by atoms with Gasteiger partial charge in [0.1, 0.15) is 0 Å². The molecule has 0 radical (unpaired) electrons. The van der Waals surface area contributed by atoms with Crippen LogP contribution in [0.4, 0.5) is 0 Å². The number of amides is 1. The molecule has 3 rings (SSSR count). The summed E-state index contributed by atoms with van der Waals surface area (Å²) in [5, 5.41) is 7.33. The van der Waals surface area contributed by atoms with Gasteiger partial charge in [0.15, 0.2) is 0 Å². The maximum atomic E-state index is 12.3. The van der Waals surface area contributed by atoms with E-state index in [1.807, 2.05) is 22.6 Å². The molecule has 2 aromatic rings. The number of hydrogen-bond donors (Lipinski definition) is 1. The monoisotopic (exact) mass is 287 g/mol. The summed E-state index contributed by atoms with van der Waals surface area (Å²) >= 11 is 0. The topological polar surface area (TPSA) is 66.8 Å². The first-order valence-electron chi connectivity index (χ1n) is 7.48. The van der Waals surface area contributed by atoms with Crippen LogP contribution in [-0.2, 0) is 11.3 Å². The van der Waals surface area contributed by atoms with Crippen molar-refractivity contribution in [3.05, 3.63) is 36.2 Å². The standard InChI is InChI=1S/C15H21N5O/c1-12-9-14(18-17-12)13-3-2-6-20(10-13)15(21)4-7-19-8-5-16-11-19/h5,8-9,11,13H,2-4,6-7,10H2,1H3,(H,17,18)/t13-/m1/s1. The number of nitrogens with one attached hydrogen (secondary N) is 1. The Balaban J connectivity index is 1.56. The van der Waals surface area contributed by atoms with E-state index in [9.17, 15) is 4.79 Å². The molecule has 6 nitrogen and oxygen atoms in total. The summed E-state index contributed by atoms with van der Waals surface area (Å²) in [6, 6.07) is 2.09. The number of aromatic nitrogens is 4. The number of carbonyl (C=O) groups excluding carboxylic acids is 1. The zero-order valence-electron chi connectivity index (χ0n) is 12.3. The van der Waals surface area contributed by atoms with Crippen molar-refractivity contribution in [1.29, 1.82) is 0 Å². The van der Waals surface area contributed by atoms with Crippen LogP contribution in [0, 0.1) is 6.92 Å². The normalized spacial score (nSPS) is 18.9. The molecule has 1 saturated heterocycles. The average molecular weight is 287 g/mol. The molecule has 0 saturated carbocycles. The molecule has 0 unspecified atom stereocenters. The van der Waals surface area contributed by atoms with Crippen molar-refractivity contribution in [2.75, 3.05) is 13.1 Å². The van der Waals surface area contributed by atoms with E-state index in [0.717, 1.165) is 37.3 Å². The lowest BCUT2D eigenvalue weighted by atomic mass is 9.94. The lowest BCUT2D eigenvalue weighted by Gasteiger charge is -2.32. The Morgan fingerprint density at radius 1 is 1.52 bits per heavy atom. The lowest BCUT2D eigenvalue weighted by Crippen LogP contribution is -2.39. The summed E-state index contributed by atoms with van der Waals surface area (Å²) in [6.07, 6.45) is 8.06. The van der Waals surface area contributed by atoms with Gasteiger partial charge in [0.05, 0.1) is 12.0 Å². The summed E-state index contributed by atoms with van der Waals surface area (Å²) in [4.78, 5) is 18.3. The van der Waals surface area contributed by atoms with Gasteiger partial charge < -0.3 is 9.47 Å². The molecule has 112 valence electrons. The van der Waals surface area contributed by atoms with Crippen LogP contribution >= 0.6 is 0 Å². The zero-order chi connectivity index (χ0) is 14.7. The molecule has 1 N–H and O–H groups in total. The lowest BCUT2D eigenvalue weighted by molar-refractivity contribution is -0.132. The maximum absolute atomic E-state index is 12.3. The van der Waals surface area contributed by atoms with Crippen LogP contribution in [-0.4, -0.2) is 43.6 Å². The number of aryl methyl sites for hydroxylation is 2. The van der Waals surface area contributed by atoms with Gasteiger partial charge in [-0.1, -0.05) is 0 Å². The van der Waals surface area contributed by atoms with Crippen molar-refractivity contribution < 1.29 is 4.79 Å². The van der Waals surface area contributed by atoms with Gasteiger partial charge in [-0.15, -0.1) is 0 Å². The third-order valence-corrected chi connectivity index (χ3v) is 4.06. The second-order valence-electron chi connectivity index (χ2n) is 5.71. The molecule has 1 aliphatic rings. The van der Waals surface area contributed by atoms with Crippen molar-refractivity contribution in [1.82, 2.24) is 24.6 Å². The number of carbonyl (C=O) groups is 1. The SMILES string of the molecule is Cc1cc([C@@H]2CCCN(C(=O)CCn3ccnc3)C2)n[nH]1. The molecule has 1 aliphatic heterocycles. The van der Waals surface area contributed by atoms with E-state index in [0.29, 0.717) is 18.9 Å². The van der Waals surface area contributed by atoms with Crippen molar-refractivity contribution in [3.63, 3.8) is 0 Å². The van der Waals surface area contributed by atoms with Gasteiger partial charge >= 0.3 is 0 Å². The van der Waals surface area contributed by atoms with Crippen LogP contribution in [0.15, 0.2) is 24.8 Å². The summed E-state index contributed by atoms with van der Waals surface area (Å²) < 4.78 is 1.94. The molecule has 21 heavy (non-hydrogen) atoms. The number of aromatic amines is 1. The minimum absolute atomic E-state index is 0.223. The van der Waals surface area contributed by atoms with Crippen molar-refractivity contribution in [2.45, 2.75) is 38.6 Å². The zero-order valence-corrected chi connectivity index (χ0v) is 12.3. The number of imidazole rings is 1. The van der Waals surface area contributed by atoms with Crippen molar-refractivity contribution >= 4 is 5.91 Å². The third-order valence-electron chi connectivity index (χ3n) is 4.06. The highest BCUT2D eigenvalue weighted by molar-refractivity contribution is 5.76. The summed E-state index contributed by atoms with van der Waals surface area (Å²) in [5.41, 5.74) is 2.16. The summed E-state index contributed by atoms with van der Waals surface area (Å²) in [6.45, 7) is 4.35. The van der Waals surface area contributed by atoms with Crippen LogP contribution in [0.3, 0.4) is 0 Å². The highest BCUT2D eigenvalue weighted by Gasteiger charge is 2.25. The molecule has 2 aromatic heterocycles. The van der Waals surface area contributed by atoms with Crippen molar-refractivity contribution in [3.8, 4) is 0 Å². The van der Waals surface area contributed by atoms with Gasteiger partial charge in [0.2, 0.25) is 5.91 Å². The van der Waals surface area contributed by atoms with E-state index < -0.39 is 0 Å². The van der Waals surface area contributed by atoms with E-state index in [1.54, 1.807) is 12.5 Å². The number of nitrogens with zero attached hydrogens (tertiary/aromatic N) is 4. The molecule has 3 heterocycles. The second-order valence-corrected chi connectivity index (χ2v) is 5.71. The first-order chi connectivity index (χ1) is 10.2. The van der Waals surface area contributed by atoms with Crippen LogP contribution in [0.2, 0.25) is 0 Å². The number of likely N-dealkylation sites (tertiary alicyclic amines) is 1. The average Bonchev–Trinajstić information content (AvgIpc) is 3.16. The van der Waals surface area contributed by atoms with Gasteiger partial charge in [-0.3, -0.25) is 9.89 Å². The van der Waals surface area contributed by atoms with Crippen LogP contribution in [0.1, 0.15) is 36.6 Å². The first kappa shape index (κ1) is 13.9. The Hall–Kier alpha value is -2.11. The second kappa shape index (κ2) is 6.11. The summed E-state index contributed by atoms with van der Waals surface area (Å²) in [7, 11) is 0. The highest BCUT2D eigenvalue weighted by atomic mass is 16.2. The minimum atomic E-state index is 0.223. The summed E-state index contributed by atoms with van der Waals surface area (Å²) in [5.74, 6) is 0.585. The highest BCUT2D eigenvalue weighted by Crippen LogP contribution is 2.26. The van der Waals surface area contributed by atoms with Crippen LogP contribution < -0.4 is 0 Å². The minimum Gasteiger partial charge on any atom is -0.342 e. The molecule has 0 aliphatic carbocycles. The van der Waals surface area contributed by atoms with Crippen LogP contribution in [0.5, 0.6) is 0 Å². The Morgan fingerprint density at radius 2 is 2.43 bits per heavy atom. The van der Waals surface area contributed by atoms with E-state index in [2.05, 4.69) is 21.2 Å². The Bertz CT molecular complexity index is 589. The van der Waals surface area contributed by atoms with Gasteiger partial charge in [-0.25, -0.2) is 4.98 Å². The number of hydrogen-bond acceptors (Lipinski definition) is 3. The van der Waals surface area contributed by atoms with Gasteiger partial charge in [-0.2, -0.15) is 5.10 Å². The molecular weight excluding hydrogens is 266 g/mol. The third kappa shape index (κ3) is 3.32. The Kier molecular flexibility index (Phi) is 4.03. The molecular formula is C15H21N5O. The van der Waals surface area contributed by atoms with Crippen LogP contribution in [0.25, 0.3) is 0 Å². The molecule has 0 bridgehead atoms. The van der Waals surface area contributed by atoms with E-state index in [1.165, 1.54) is 0 Å². The van der Waals surface area contributed by atoms with Crippen molar-refractivity contribution in [2.24, 2.45) is 0 Å². The fraction of sp³-hybridized carbons (Fsp3) is 0.533. The number of H-pyrrole nitrogens is 1. The smallest absolute Gasteiger partial charge is 0.224 e. The van der Waals surface area contributed by atoms with Gasteiger partial charge in [-0.05, 0) is 25.8 Å².